The second-order valence-corrected chi connectivity index (χ2v) is 7.06. The van der Waals surface area contributed by atoms with Crippen LogP contribution in [0.2, 0.25) is 0 Å². The number of hydrogen-bond donors (Lipinski definition) is 1. The Morgan fingerprint density at radius 1 is 1.10 bits per heavy atom. The van der Waals surface area contributed by atoms with Crippen molar-refractivity contribution in [2.45, 2.75) is 6.42 Å². The Kier molecular flexibility index (Phi) is 6.14. The first kappa shape index (κ1) is 19.5. The Labute approximate surface area is 171 Å². The smallest absolute Gasteiger partial charge is 0.146 e. The fourth-order valence-electron chi connectivity index (χ4n) is 3.74. The van der Waals surface area contributed by atoms with Gasteiger partial charge in [-0.2, -0.15) is 0 Å². The van der Waals surface area contributed by atoms with E-state index in [1.165, 1.54) is 10.9 Å². The molecule has 0 atom stereocenters. The molecule has 1 aliphatic rings. The van der Waals surface area contributed by atoms with Crippen molar-refractivity contribution < 1.29 is 9.47 Å². The number of pyridine rings is 1. The van der Waals surface area contributed by atoms with Gasteiger partial charge in [0.2, 0.25) is 0 Å². The number of fused-ring (bicyclic) bond motifs is 1. The molecule has 6 heteroatoms. The number of morpholine rings is 1. The van der Waals surface area contributed by atoms with Gasteiger partial charge in [-0.25, -0.2) is 0 Å². The molecule has 2 N–H and O–H groups in total. The van der Waals surface area contributed by atoms with Gasteiger partial charge in [-0.15, -0.1) is 0 Å². The molecule has 1 saturated heterocycles. The van der Waals surface area contributed by atoms with E-state index in [1.807, 2.05) is 24.4 Å². The van der Waals surface area contributed by atoms with Crippen molar-refractivity contribution >= 4 is 23.3 Å². The molecule has 0 radical (unpaired) electrons. The summed E-state index contributed by atoms with van der Waals surface area (Å²) >= 11 is 0. The second-order valence-electron chi connectivity index (χ2n) is 7.06. The fraction of sp³-hybridized carbons (Fsp3) is 0.304. The van der Waals surface area contributed by atoms with Crippen molar-refractivity contribution in [1.29, 1.82) is 0 Å². The van der Waals surface area contributed by atoms with E-state index >= 15 is 0 Å². The van der Waals surface area contributed by atoms with Crippen LogP contribution in [-0.4, -0.2) is 56.2 Å². The van der Waals surface area contributed by atoms with Gasteiger partial charge in [0, 0.05) is 31.2 Å². The van der Waals surface area contributed by atoms with Crippen molar-refractivity contribution in [3.63, 3.8) is 0 Å². The maximum Gasteiger partial charge on any atom is 0.146 e. The van der Waals surface area contributed by atoms with Gasteiger partial charge in [0.05, 0.1) is 18.7 Å². The van der Waals surface area contributed by atoms with E-state index in [4.69, 9.17) is 15.2 Å². The van der Waals surface area contributed by atoms with E-state index < -0.39 is 0 Å². The van der Waals surface area contributed by atoms with Crippen LogP contribution in [0.15, 0.2) is 53.7 Å². The van der Waals surface area contributed by atoms with Crippen molar-refractivity contribution in [3.8, 4) is 16.9 Å². The van der Waals surface area contributed by atoms with E-state index in [2.05, 4.69) is 45.9 Å². The summed E-state index contributed by atoms with van der Waals surface area (Å²) in [6.45, 7) is 8.44. The highest BCUT2D eigenvalue weighted by Gasteiger charge is 2.12. The Bertz CT molecular complexity index is 999. The normalized spacial score (nSPS) is 14.8. The molecule has 0 spiro atoms. The number of ether oxygens (including phenoxy) is 2. The first-order valence-corrected chi connectivity index (χ1v) is 9.90. The maximum absolute atomic E-state index is 5.49. The number of nitrogens with zero attached hydrogens (tertiary/aromatic N) is 3. The molecule has 0 unspecified atom stereocenters. The van der Waals surface area contributed by atoms with Crippen LogP contribution in [0, 0.1) is 0 Å². The SMILES string of the molecule is C=Nc1cc(-c2ccc3nccc(CCN4CCOCC4)c3c2)ccc1OCN. The summed E-state index contributed by atoms with van der Waals surface area (Å²) in [7, 11) is 0. The minimum Gasteiger partial charge on any atom is -0.476 e. The van der Waals surface area contributed by atoms with Gasteiger partial charge >= 0.3 is 0 Å². The molecule has 0 saturated carbocycles. The number of hydrogen-bond acceptors (Lipinski definition) is 6. The number of aromatic nitrogens is 1. The summed E-state index contributed by atoms with van der Waals surface area (Å²) < 4.78 is 10.9. The standard InChI is InChI=1S/C23H26N4O2/c1-25-22-15-19(3-5-23(22)29-16-24)18-2-4-21-20(14-18)17(6-8-26-21)7-9-27-10-12-28-13-11-27/h2-6,8,14-15H,1,7,9-13,16,24H2. The highest BCUT2D eigenvalue weighted by atomic mass is 16.5. The summed E-state index contributed by atoms with van der Waals surface area (Å²) in [5, 5.41) is 1.19. The van der Waals surface area contributed by atoms with Gasteiger partial charge in [-0.1, -0.05) is 12.1 Å². The Morgan fingerprint density at radius 2 is 1.90 bits per heavy atom. The number of benzene rings is 2. The van der Waals surface area contributed by atoms with Gasteiger partial charge in [-0.3, -0.25) is 20.6 Å². The van der Waals surface area contributed by atoms with Gasteiger partial charge in [0.15, 0.2) is 0 Å². The highest BCUT2D eigenvalue weighted by molar-refractivity contribution is 5.87. The summed E-state index contributed by atoms with van der Waals surface area (Å²) in [5.41, 5.74) is 10.7. The second kappa shape index (κ2) is 9.13. The number of rotatable bonds is 7. The lowest BCUT2D eigenvalue weighted by molar-refractivity contribution is 0.0385. The Hall–Kier alpha value is -2.80. The monoisotopic (exact) mass is 390 g/mol. The largest absolute Gasteiger partial charge is 0.476 e. The number of aliphatic imine (C=N–C) groups is 1. The summed E-state index contributed by atoms with van der Waals surface area (Å²) in [5.74, 6) is 0.639. The van der Waals surface area contributed by atoms with Crippen LogP contribution in [0.5, 0.6) is 5.75 Å². The van der Waals surface area contributed by atoms with Gasteiger partial charge in [0.1, 0.15) is 18.2 Å². The van der Waals surface area contributed by atoms with Crippen LogP contribution in [0.25, 0.3) is 22.0 Å². The molecule has 29 heavy (non-hydrogen) atoms. The zero-order valence-electron chi connectivity index (χ0n) is 16.5. The molecule has 4 rings (SSSR count). The van der Waals surface area contributed by atoms with Crippen LogP contribution in [-0.2, 0) is 11.2 Å². The molecule has 1 fully saturated rings. The van der Waals surface area contributed by atoms with Crippen molar-refractivity contribution in [3.05, 3.63) is 54.2 Å². The van der Waals surface area contributed by atoms with E-state index in [0.717, 1.165) is 55.9 Å². The summed E-state index contributed by atoms with van der Waals surface area (Å²) in [6.07, 6.45) is 2.89. The first-order chi connectivity index (χ1) is 14.3. The van der Waals surface area contributed by atoms with Crippen LogP contribution < -0.4 is 10.5 Å². The third kappa shape index (κ3) is 4.45. The van der Waals surface area contributed by atoms with Crippen LogP contribution in [0.4, 0.5) is 5.69 Å². The zero-order chi connectivity index (χ0) is 20.1. The highest BCUT2D eigenvalue weighted by Crippen LogP contribution is 2.34. The lowest BCUT2D eigenvalue weighted by Gasteiger charge is -2.26. The average Bonchev–Trinajstić information content (AvgIpc) is 2.78. The third-order valence-electron chi connectivity index (χ3n) is 5.33. The van der Waals surface area contributed by atoms with Crippen LogP contribution >= 0.6 is 0 Å². The molecule has 0 amide bonds. The quantitative estimate of drug-likeness (QED) is 0.494. The van der Waals surface area contributed by atoms with Gasteiger partial charge in [0.25, 0.3) is 0 Å². The molecule has 1 aromatic heterocycles. The predicted molar refractivity (Wildman–Crippen MR) is 117 cm³/mol. The molecule has 1 aliphatic heterocycles. The van der Waals surface area contributed by atoms with Crippen molar-refractivity contribution in [2.75, 3.05) is 39.6 Å². The van der Waals surface area contributed by atoms with E-state index in [0.29, 0.717) is 11.4 Å². The Balaban J connectivity index is 1.63. The fourth-order valence-corrected chi connectivity index (χ4v) is 3.74. The predicted octanol–water partition coefficient (Wildman–Crippen LogP) is 3.40. The molecule has 2 aromatic carbocycles. The molecule has 6 nitrogen and oxygen atoms in total. The molecular weight excluding hydrogens is 364 g/mol. The zero-order valence-corrected chi connectivity index (χ0v) is 16.5. The summed E-state index contributed by atoms with van der Waals surface area (Å²) in [4.78, 5) is 11.1. The van der Waals surface area contributed by atoms with E-state index in [9.17, 15) is 0 Å². The maximum atomic E-state index is 5.49. The number of nitrogens with two attached hydrogens (primary N) is 1. The Morgan fingerprint density at radius 3 is 2.69 bits per heavy atom. The summed E-state index contributed by atoms with van der Waals surface area (Å²) in [6, 6.07) is 14.4. The lowest BCUT2D eigenvalue weighted by atomic mass is 9.99. The van der Waals surface area contributed by atoms with E-state index in [1.54, 1.807) is 0 Å². The molecule has 0 aliphatic carbocycles. The molecule has 3 aromatic rings. The first-order valence-electron chi connectivity index (χ1n) is 9.90. The lowest BCUT2D eigenvalue weighted by Crippen LogP contribution is -2.37. The topological polar surface area (TPSA) is 73.0 Å². The molecule has 150 valence electrons. The van der Waals surface area contributed by atoms with Crippen molar-refractivity contribution in [2.24, 2.45) is 10.7 Å². The minimum atomic E-state index is 0.107. The molecular formula is C23H26N4O2. The van der Waals surface area contributed by atoms with Crippen molar-refractivity contribution in [1.82, 2.24) is 9.88 Å². The van der Waals surface area contributed by atoms with E-state index in [-0.39, 0.29) is 6.73 Å². The molecule has 0 bridgehead atoms. The van der Waals surface area contributed by atoms with Gasteiger partial charge in [-0.05, 0) is 60.2 Å². The molecule has 2 heterocycles. The van der Waals surface area contributed by atoms with Crippen LogP contribution in [0.3, 0.4) is 0 Å². The third-order valence-corrected chi connectivity index (χ3v) is 5.33. The minimum absolute atomic E-state index is 0.107. The van der Waals surface area contributed by atoms with Gasteiger partial charge < -0.3 is 9.47 Å². The van der Waals surface area contributed by atoms with Crippen LogP contribution in [0.1, 0.15) is 5.56 Å². The average molecular weight is 390 g/mol.